The summed E-state index contributed by atoms with van der Waals surface area (Å²) in [5.74, 6) is -0.157. The fraction of sp³-hybridized carbons (Fsp3) is 0.500. The number of halogens is 1. The maximum Gasteiger partial charge on any atom is 0.176 e. The molecule has 0 spiro atoms. The monoisotopic (exact) mass is 347 g/mol. The van der Waals surface area contributed by atoms with Crippen LogP contribution in [-0.2, 0) is 26.2 Å². The standard InChI is InChI=1S/C14H18ClNO5S/c1-8-13(16-21-14(8,2)3)11-10(22(4,18)19)6-5-9(7-20-17)12(11)15/h5-6,8,17H,7H2,1-4H3. The Bertz CT molecular complexity index is 727. The number of oxime groups is 1. The van der Waals surface area contributed by atoms with Gasteiger partial charge in [-0.25, -0.2) is 13.3 Å². The Hall–Kier alpha value is -1.15. The van der Waals surface area contributed by atoms with Crippen molar-refractivity contribution in [2.75, 3.05) is 6.26 Å². The van der Waals surface area contributed by atoms with Gasteiger partial charge in [0.2, 0.25) is 0 Å². The van der Waals surface area contributed by atoms with Crippen LogP contribution in [0.25, 0.3) is 0 Å². The van der Waals surface area contributed by atoms with Crippen molar-refractivity contribution in [3.63, 3.8) is 0 Å². The molecule has 1 aromatic carbocycles. The van der Waals surface area contributed by atoms with Gasteiger partial charge in [0.1, 0.15) is 12.2 Å². The van der Waals surface area contributed by atoms with E-state index in [2.05, 4.69) is 10.0 Å². The van der Waals surface area contributed by atoms with Crippen LogP contribution in [-0.4, -0.2) is 31.2 Å². The largest absolute Gasteiger partial charge is 0.389 e. The number of rotatable bonds is 4. The minimum absolute atomic E-state index is 0.0751. The molecule has 0 saturated heterocycles. The van der Waals surface area contributed by atoms with Gasteiger partial charge in [0.15, 0.2) is 9.84 Å². The van der Waals surface area contributed by atoms with E-state index in [0.29, 0.717) is 16.8 Å². The van der Waals surface area contributed by atoms with Crippen LogP contribution in [0.15, 0.2) is 22.2 Å². The molecule has 1 heterocycles. The summed E-state index contributed by atoms with van der Waals surface area (Å²) >= 11 is 6.35. The van der Waals surface area contributed by atoms with Gasteiger partial charge in [0.25, 0.3) is 0 Å². The van der Waals surface area contributed by atoms with Gasteiger partial charge in [-0.2, -0.15) is 0 Å². The quantitative estimate of drug-likeness (QED) is 0.668. The van der Waals surface area contributed by atoms with E-state index in [1.165, 1.54) is 12.1 Å². The van der Waals surface area contributed by atoms with Crippen LogP contribution in [0, 0.1) is 5.92 Å². The number of hydrogen-bond acceptors (Lipinski definition) is 6. The van der Waals surface area contributed by atoms with Crippen molar-refractivity contribution in [2.24, 2.45) is 11.1 Å². The SMILES string of the molecule is CC1C(c2c(S(C)(=O)=O)ccc(COO)c2Cl)=NOC1(C)C. The molecule has 1 atom stereocenters. The smallest absolute Gasteiger partial charge is 0.176 e. The summed E-state index contributed by atoms with van der Waals surface area (Å²) in [7, 11) is -3.51. The minimum atomic E-state index is -3.51. The predicted molar refractivity (Wildman–Crippen MR) is 82.8 cm³/mol. The van der Waals surface area contributed by atoms with E-state index in [1.807, 2.05) is 20.8 Å². The molecule has 1 N–H and O–H groups in total. The summed E-state index contributed by atoms with van der Waals surface area (Å²) in [5.41, 5.74) is 0.676. The molecule has 22 heavy (non-hydrogen) atoms. The van der Waals surface area contributed by atoms with Crippen LogP contribution in [0.3, 0.4) is 0 Å². The molecular weight excluding hydrogens is 330 g/mol. The van der Waals surface area contributed by atoms with Crippen LogP contribution in [0.5, 0.6) is 0 Å². The Morgan fingerprint density at radius 3 is 2.55 bits per heavy atom. The van der Waals surface area contributed by atoms with E-state index in [-0.39, 0.29) is 22.4 Å². The van der Waals surface area contributed by atoms with Gasteiger partial charge in [0, 0.05) is 23.3 Å². The lowest BCUT2D eigenvalue weighted by atomic mass is 9.86. The number of sulfone groups is 1. The van der Waals surface area contributed by atoms with E-state index >= 15 is 0 Å². The molecule has 0 aliphatic carbocycles. The van der Waals surface area contributed by atoms with Gasteiger partial charge < -0.3 is 4.84 Å². The lowest BCUT2D eigenvalue weighted by Crippen LogP contribution is -2.31. The zero-order valence-electron chi connectivity index (χ0n) is 12.8. The zero-order valence-corrected chi connectivity index (χ0v) is 14.3. The van der Waals surface area contributed by atoms with Crippen molar-refractivity contribution in [2.45, 2.75) is 37.9 Å². The van der Waals surface area contributed by atoms with Crippen LogP contribution in [0.2, 0.25) is 5.02 Å². The van der Waals surface area contributed by atoms with Crippen molar-refractivity contribution in [3.8, 4) is 0 Å². The predicted octanol–water partition coefficient (Wildman–Crippen LogP) is 2.88. The van der Waals surface area contributed by atoms with Gasteiger partial charge in [-0.05, 0) is 19.9 Å². The lowest BCUT2D eigenvalue weighted by molar-refractivity contribution is -0.252. The average Bonchev–Trinajstić information content (AvgIpc) is 2.66. The summed E-state index contributed by atoms with van der Waals surface area (Å²) in [6.45, 7) is 5.47. The van der Waals surface area contributed by atoms with Crippen LogP contribution in [0.4, 0.5) is 0 Å². The Morgan fingerprint density at radius 2 is 2.09 bits per heavy atom. The van der Waals surface area contributed by atoms with Crippen molar-refractivity contribution >= 4 is 27.1 Å². The number of benzene rings is 1. The molecule has 0 aromatic heterocycles. The molecule has 1 aliphatic heterocycles. The fourth-order valence-electron chi connectivity index (χ4n) is 2.25. The Morgan fingerprint density at radius 1 is 1.45 bits per heavy atom. The summed E-state index contributed by atoms with van der Waals surface area (Å²) in [5, 5.41) is 12.9. The lowest BCUT2D eigenvalue weighted by Gasteiger charge is -2.22. The first-order valence-corrected chi connectivity index (χ1v) is 8.90. The van der Waals surface area contributed by atoms with Crippen LogP contribution < -0.4 is 0 Å². The van der Waals surface area contributed by atoms with Gasteiger partial charge in [-0.15, -0.1) is 0 Å². The molecule has 1 aromatic rings. The summed E-state index contributed by atoms with van der Waals surface area (Å²) in [6.07, 6.45) is 1.11. The molecule has 6 nitrogen and oxygen atoms in total. The highest BCUT2D eigenvalue weighted by Gasteiger charge is 2.41. The average molecular weight is 348 g/mol. The highest BCUT2D eigenvalue weighted by atomic mass is 35.5. The first kappa shape index (κ1) is 17.2. The third kappa shape index (κ3) is 2.99. The molecule has 0 amide bonds. The molecule has 0 fully saturated rings. The molecule has 0 bridgehead atoms. The molecule has 1 unspecified atom stereocenters. The molecule has 122 valence electrons. The van der Waals surface area contributed by atoms with E-state index in [1.54, 1.807) is 0 Å². The van der Waals surface area contributed by atoms with E-state index in [9.17, 15) is 8.42 Å². The highest BCUT2D eigenvalue weighted by molar-refractivity contribution is 7.90. The first-order chi connectivity index (χ1) is 10.1. The molecule has 0 radical (unpaired) electrons. The molecule has 0 saturated carbocycles. The third-order valence-corrected chi connectivity index (χ3v) is 5.46. The summed E-state index contributed by atoms with van der Waals surface area (Å²) < 4.78 is 24.1. The molecule has 2 rings (SSSR count). The maximum atomic E-state index is 12.1. The number of hydrogen-bond donors (Lipinski definition) is 1. The Kier molecular flexibility index (Phi) is 4.54. The van der Waals surface area contributed by atoms with Crippen LogP contribution in [0.1, 0.15) is 31.9 Å². The molecule has 1 aliphatic rings. The Labute approximate surface area is 134 Å². The van der Waals surface area contributed by atoms with Crippen molar-refractivity contribution in [3.05, 3.63) is 28.3 Å². The molecular formula is C14H18ClNO5S. The third-order valence-electron chi connectivity index (χ3n) is 3.89. The number of nitrogens with zero attached hydrogens (tertiary/aromatic N) is 1. The van der Waals surface area contributed by atoms with Crippen molar-refractivity contribution in [1.29, 1.82) is 0 Å². The first-order valence-electron chi connectivity index (χ1n) is 6.64. The second-order valence-corrected chi connectivity index (χ2v) is 8.21. The van der Waals surface area contributed by atoms with Crippen molar-refractivity contribution < 1.29 is 23.4 Å². The summed E-state index contributed by atoms with van der Waals surface area (Å²) in [4.78, 5) is 9.59. The van der Waals surface area contributed by atoms with E-state index < -0.39 is 15.4 Å². The normalized spacial score (nSPS) is 20.6. The maximum absolute atomic E-state index is 12.1. The minimum Gasteiger partial charge on any atom is -0.389 e. The van der Waals surface area contributed by atoms with E-state index in [0.717, 1.165) is 6.26 Å². The van der Waals surface area contributed by atoms with Gasteiger partial charge in [0.05, 0.1) is 15.6 Å². The highest BCUT2D eigenvalue weighted by Crippen LogP contribution is 2.37. The zero-order chi connectivity index (χ0) is 16.7. The second-order valence-electron chi connectivity index (χ2n) is 5.85. The second kappa shape index (κ2) is 5.81. The van der Waals surface area contributed by atoms with Gasteiger partial charge in [-0.3, -0.25) is 5.26 Å². The topological polar surface area (TPSA) is 85.2 Å². The Balaban J connectivity index is 2.70. The van der Waals surface area contributed by atoms with E-state index in [4.69, 9.17) is 21.7 Å². The summed E-state index contributed by atoms with van der Waals surface area (Å²) in [6, 6.07) is 2.94. The van der Waals surface area contributed by atoms with Crippen molar-refractivity contribution in [1.82, 2.24) is 0 Å². The van der Waals surface area contributed by atoms with Gasteiger partial charge >= 0.3 is 0 Å². The van der Waals surface area contributed by atoms with Crippen LogP contribution >= 0.6 is 11.6 Å². The molecule has 8 heteroatoms. The van der Waals surface area contributed by atoms with Gasteiger partial charge in [-0.1, -0.05) is 29.7 Å². The fourth-order valence-corrected chi connectivity index (χ4v) is 3.51.